The number of sulfonamides is 1. The summed E-state index contributed by atoms with van der Waals surface area (Å²) in [6.07, 6.45) is -0.763. The van der Waals surface area contributed by atoms with E-state index in [1.54, 1.807) is 19.1 Å². The maximum Gasteiger partial charge on any atom is 0.321 e. The molecule has 8 heteroatoms. The number of aryl methyl sites for hydroxylation is 2. The van der Waals surface area contributed by atoms with Crippen LogP contribution in [-0.4, -0.2) is 36.6 Å². The van der Waals surface area contributed by atoms with Gasteiger partial charge in [-0.15, -0.1) is 0 Å². The van der Waals surface area contributed by atoms with Crippen LogP contribution >= 0.6 is 0 Å². The molecule has 0 bridgehead atoms. The summed E-state index contributed by atoms with van der Waals surface area (Å²) in [5.74, 6) is -2.60. The van der Waals surface area contributed by atoms with Crippen LogP contribution in [0.1, 0.15) is 24.0 Å². The Labute approximate surface area is 122 Å². The molecule has 0 aliphatic carbocycles. The van der Waals surface area contributed by atoms with Gasteiger partial charge >= 0.3 is 11.9 Å². The lowest BCUT2D eigenvalue weighted by atomic mass is 10.2. The van der Waals surface area contributed by atoms with E-state index in [2.05, 4.69) is 0 Å². The highest BCUT2D eigenvalue weighted by atomic mass is 32.2. The van der Waals surface area contributed by atoms with Gasteiger partial charge in [-0.2, -0.15) is 4.72 Å². The average Bonchev–Trinajstić information content (AvgIpc) is 2.33. The van der Waals surface area contributed by atoms with Crippen molar-refractivity contribution < 1.29 is 28.2 Å². The van der Waals surface area contributed by atoms with Crippen LogP contribution in [0.4, 0.5) is 0 Å². The van der Waals surface area contributed by atoms with Crippen molar-refractivity contribution in [1.29, 1.82) is 0 Å². The summed E-state index contributed by atoms with van der Waals surface area (Å²) in [6, 6.07) is 3.19. The van der Waals surface area contributed by atoms with Gasteiger partial charge in [0.15, 0.2) is 0 Å². The second-order valence-corrected chi connectivity index (χ2v) is 6.40. The first-order chi connectivity index (χ1) is 9.63. The normalized spacial score (nSPS) is 12.9. The molecule has 1 aromatic carbocycles. The predicted octanol–water partition coefficient (Wildman–Crippen LogP) is 0.900. The van der Waals surface area contributed by atoms with Gasteiger partial charge < -0.3 is 10.2 Å². The SMILES string of the molecule is Cc1ccc(S(=O)(=O)N[C@@H](CCC(=O)O)C(=O)O)c(C)c1. The van der Waals surface area contributed by atoms with Crippen LogP contribution in [0.25, 0.3) is 0 Å². The zero-order valence-corrected chi connectivity index (χ0v) is 12.5. The Morgan fingerprint density at radius 3 is 2.33 bits per heavy atom. The smallest absolute Gasteiger partial charge is 0.321 e. The number of carboxylic acids is 2. The molecule has 1 aromatic rings. The number of benzene rings is 1. The minimum atomic E-state index is -4.02. The highest BCUT2D eigenvalue weighted by Gasteiger charge is 2.26. The van der Waals surface area contributed by atoms with E-state index in [-0.39, 0.29) is 11.3 Å². The van der Waals surface area contributed by atoms with Crippen molar-refractivity contribution in [1.82, 2.24) is 4.72 Å². The van der Waals surface area contributed by atoms with E-state index in [4.69, 9.17) is 10.2 Å². The fourth-order valence-corrected chi connectivity index (χ4v) is 3.30. The fourth-order valence-electron chi connectivity index (χ4n) is 1.85. The topological polar surface area (TPSA) is 121 Å². The van der Waals surface area contributed by atoms with Crippen LogP contribution in [0.15, 0.2) is 23.1 Å². The molecule has 0 aromatic heterocycles. The molecule has 0 aliphatic rings. The van der Waals surface area contributed by atoms with E-state index in [0.29, 0.717) is 5.56 Å². The van der Waals surface area contributed by atoms with Crippen molar-refractivity contribution in [3.05, 3.63) is 29.3 Å². The molecule has 0 fully saturated rings. The summed E-state index contributed by atoms with van der Waals surface area (Å²) in [6.45, 7) is 3.42. The molecular formula is C13H17NO6S. The van der Waals surface area contributed by atoms with Crippen LogP contribution in [0.2, 0.25) is 0 Å². The standard InChI is InChI=1S/C13H17NO6S/c1-8-3-5-11(9(2)7-8)21(19,20)14-10(13(17)18)4-6-12(15)16/h3,5,7,10,14H,4,6H2,1-2H3,(H,15,16)(H,17,18)/t10-/m0/s1. The van der Waals surface area contributed by atoms with E-state index in [1.165, 1.54) is 6.07 Å². The largest absolute Gasteiger partial charge is 0.481 e. The van der Waals surface area contributed by atoms with Gasteiger partial charge in [-0.1, -0.05) is 17.7 Å². The lowest BCUT2D eigenvalue weighted by Gasteiger charge is -2.15. The van der Waals surface area contributed by atoms with Crippen LogP contribution in [-0.2, 0) is 19.6 Å². The average molecular weight is 315 g/mol. The Kier molecular flexibility index (Phi) is 5.45. The van der Waals surface area contributed by atoms with Gasteiger partial charge in [-0.25, -0.2) is 8.42 Å². The zero-order chi connectivity index (χ0) is 16.2. The fraction of sp³-hybridized carbons (Fsp3) is 0.385. The second-order valence-electron chi connectivity index (χ2n) is 4.71. The molecule has 0 unspecified atom stereocenters. The van der Waals surface area contributed by atoms with Crippen LogP contribution in [0.3, 0.4) is 0 Å². The van der Waals surface area contributed by atoms with Gasteiger partial charge in [0, 0.05) is 6.42 Å². The Bertz CT molecular complexity index is 653. The van der Waals surface area contributed by atoms with Crippen molar-refractivity contribution in [2.75, 3.05) is 0 Å². The van der Waals surface area contributed by atoms with E-state index >= 15 is 0 Å². The van der Waals surface area contributed by atoms with Crippen LogP contribution in [0, 0.1) is 13.8 Å². The van der Waals surface area contributed by atoms with Crippen LogP contribution in [0.5, 0.6) is 0 Å². The summed E-state index contributed by atoms with van der Waals surface area (Å²) in [5.41, 5.74) is 1.37. The first-order valence-corrected chi connectivity index (χ1v) is 7.66. The number of aliphatic carboxylic acids is 2. The third-order valence-corrected chi connectivity index (χ3v) is 4.49. The third kappa shape index (κ3) is 4.83. The summed E-state index contributed by atoms with van der Waals surface area (Å²) in [7, 11) is -4.02. The number of rotatable bonds is 7. The molecular weight excluding hydrogens is 298 g/mol. The van der Waals surface area contributed by atoms with E-state index in [9.17, 15) is 18.0 Å². The van der Waals surface area contributed by atoms with Gasteiger partial charge in [-0.3, -0.25) is 9.59 Å². The Morgan fingerprint density at radius 2 is 1.86 bits per heavy atom. The number of nitrogens with one attached hydrogen (secondary N) is 1. The molecule has 1 atom stereocenters. The van der Waals surface area contributed by atoms with Crippen molar-refractivity contribution in [3.8, 4) is 0 Å². The van der Waals surface area contributed by atoms with Gasteiger partial charge in [0.2, 0.25) is 10.0 Å². The lowest BCUT2D eigenvalue weighted by Crippen LogP contribution is -2.41. The monoisotopic (exact) mass is 315 g/mol. The maximum atomic E-state index is 12.2. The highest BCUT2D eigenvalue weighted by Crippen LogP contribution is 2.17. The molecule has 3 N–H and O–H groups in total. The first kappa shape index (κ1) is 17.1. The molecule has 0 heterocycles. The summed E-state index contributed by atoms with van der Waals surface area (Å²) < 4.78 is 26.4. The van der Waals surface area contributed by atoms with E-state index < -0.39 is 34.4 Å². The maximum absolute atomic E-state index is 12.2. The lowest BCUT2D eigenvalue weighted by molar-refractivity contribution is -0.140. The van der Waals surface area contributed by atoms with Crippen molar-refractivity contribution in [3.63, 3.8) is 0 Å². The number of hydrogen-bond acceptors (Lipinski definition) is 4. The van der Waals surface area contributed by atoms with Crippen molar-refractivity contribution in [2.45, 2.75) is 37.6 Å². The van der Waals surface area contributed by atoms with Crippen molar-refractivity contribution >= 4 is 22.0 Å². The van der Waals surface area contributed by atoms with Gasteiger partial charge in [0.1, 0.15) is 6.04 Å². The van der Waals surface area contributed by atoms with Crippen molar-refractivity contribution in [2.24, 2.45) is 0 Å². The Morgan fingerprint density at radius 1 is 1.24 bits per heavy atom. The van der Waals surface area contributed by atoms with Gasteiger partial charge in [-0.05, 0) is 31.9 Å². The first-order valence-electron chi connectivity index (χ1n) is 6.17. The molecule has 0 radical (unpaired) electrons. The second kappa shape index (κ2) is 6.68. The van der Waals surface area contributed by atoms with Crippen LogP contribution < -0.4 is 4.72 Å². The van der Waals surface area contributed by atoms with E-state index in [0.717, 1.165) is 5.56 Å². The molecule has 116 valence electrons. The molecule has 0 aliphatic heterocycles. The minimum absolute atomic E-state index is 0.0188. The van der Waals surface area contributed by atoms with E-state index in [1.807, 2.05) is 11.6 Å². The molecule has 0 saturated carbocycles. The summed E-state index contributed by atoms with van der Waals surface area (Å²) in [4.78, 5) is 21.5. The van der Waals surface area contributed by atoms with Gasteiger partial charge in [0.25, 0.3) is 0 Å². The minimum Gasteiger partial charge on any atom is -0.481 e. The molecule has 1 rings (SSSR count). The molecule has 0 spiro atoms. The zero-order valence-electron chi connectivity index (χ0n) is 11.7. The number of hydrogen-bond donors (Lipinski definition) is 3. The number of carboxylic acid groups (broad SMARTS) is 2. The molecule has 0 saturated heterocycles. The summed E-state index contributed by atoms with van der Waals surface area (Å²) >= 11 is 0. The summed E-state index contributed by atoms with van der Waals surface area (Å²) in [5, 5.41) is 17.6. The quantitative estimate of drug-likeness (QED) is 0.687. The predicted molar refractivity (Wildman–Crippen MR) is 74.5 cm³/mol. The molecule has 0 amide bonds. The number of carbonyl (C=O) groups is 2. The Hall–Kier alpha value is -1.93. The molecule has 7 nitrogen and oxygen atoms in total. The third-order valence-electron chi connectivity index (χ3n) is 2.86. The Balaban J connectivity index is 3.00. The highest BCUT2D eigenvalue weighted by molar-refractivity contribution is 7.89. The van der Waals surface area contributed by atoms with Gasteiger partial charge in [0.05, 0.1) is 4.90 Å². The molecule has 21 heavy (non-hydrogen) atoms.